The summed E-state index contributed by atoms with van der Waals surface area (Å²) >= 11 is 1.67. The minimum absolute atomic E-state index is 0.210. The van der Waals surface area contributed by atoms with Crippen molar-refractivity contribution in [3.05, 3.63) is 16.6 Å². The van der Waals surface area contributed by atoms with E-state index in [2.05, 4.69) is 30.7 Å². The van der Waals surface area contributed by atoms with Gasteiger partial charge in [0, 0.05) is 24.7 Å². The molecule has 4 heteroatoms. The summed E-state index contributed by atoms with van der Waals surface area (Å²) in [5.74, 6) is 0. The van der Waals surface area contributed by atoms with Crippen molar-refractivity contribution in [2.75, 3.05) is 19.7 Å². The van der Waals surface area contributed by atoms with Crippen LogP contribution in [-0.4, -0.2) is 34.7 Å². The average molecular weight is 228 g/mol. The largest absolute Gasteiger partial charge is 0.395 e. The SMILES string of the molecule is CC(C)(C)CN(CCO)Cc1nccs1. The predicted octanol–water partition coefficient (Wildman–Crippen LogP) is 1.98. The van der Waals surface area contributed by atoms with Crippen LogP contribution < -0.4 is 0 Å². The van der Waals surface area contributed by atoms with Crippen molar-refractivity contribution >= 4 is 11.3 Å². The fraction of sp³-hybridized carbons (Fsp3) is 0.727. The number of thiazole rings is 1. The van der Waals surface area contributed by atoms with Crippen molar-refractivity contribution in [3.8, 4) is 0 Å². The summed E-state index contributed by atoms with van der Waals surface area (Å²) in [5, 5.41) is 12.1. The van der Waals surface area contributed by atoms with Crippen molar-refractivity contribution in [1.29, 1.82) is 0 Å². The smallest absolute Gasteiger partial charge is 0.107 e. The number of hydrogen-bond donors (Lipinski definition) is 1. The summed E-state index contributed by atoms with van der Waals surface area (Å²) in [4.78, 5) is 6.51. The van der Waals surface area contributed by atoms with E-state index in [1.54, 1.807) is 11.3 Å². The van der Waals surface area contributed by atoms with Gasteiger partial charge in [0.25, 0.3) is 0 Å². The van der Waals surface area contributed by atoms with Gasteiger partial charge in [-0.05, 0) is 5.41 Å². The summed E-state index contributed by atoms with van der Waals surface area (Å²) in [7, 11) is 0. The first-order valence-electron chi connectivity index (χ1n) is 5.23. The standard InChI is InChI=1S/C11H20N2OS/c1-11(2,3)9-13(5-6-14)8-10-12-4-7-15-10/h4,7,14H,5-6,8-9H2,1-3H3. The lowest BCUT2D eigenvalue weighted by Gasteiger charge is -2.28. The van der Waals surface area contributed by atoms with Crippen molar-refractivity contribution < 1.29 is 5.11 Å². The molecule has 0 amide bonds. The molecule has 0 aromatic carbocycles. The molecule has 1 heterocycles. The van der Waals surface area contributed by atoms with Gasteiger partial charge in [-0.3, -0.25) is 4.90 Å². The summed E-state index contributed by atoms with van der Waals surface area (Å²) in [6.07, 6.45) is 1.83. The highest BCUT2D eigenvalue weighted by atomic mass is 32.1. The third-order valence-corrected chi connectivity index (χ3v) is 2.72. The van der Waals surface area contributed by atoms with Crippen LogP contribution in [0, 0.1) is 5.41 Å². The first-order chi connectivity index (χ1) is 7.01. The highest BCUT2D eigenvalue weighted by Crippen LogP contribution is 2.17. The lowest BCUT2D eigenvalue weighted by atomic mass is 9.96. The van der Waals surface area contributed by atoms with E-state index in [0.29, 0.717) is 0 Å². The van der Waals surface area contributed by atoms with Crippen molar-refractivity contribution in [3.63, 3.8) is 0 Å². The maximum absolute atomic E-state index is 9.00. The van der Waals surface area contributed by atoms with Crippen LogP contribution in [0.1, 0.15) is 25.8 Å². The van der Waals surface area contributed by atoms with E-state index in [1.807, 2.05) is 11.6 Å². The Labute approximate surface area is 95.8 Å². The third kappa shape index (κ3) is 5.25. The second kappa shape index (κ2) is 5.58. The Hall–Kier alpha value is -0.450. The van der Waals surface area contributed by atoms with Crippen molar-refractivity contribution in [2.24, 2.45) is 5.41 Å². The molecule has 1 N–H and O–H groups in total. The number of nitrogens with zero attached hydrogens (tertiary/aromatic N) is 2. The molecule has 0 aliphatic rings. The van der Waals surface area contributed by atoms with Crippen LogP contribution in [0.25, 0.3) is 0 Å². The molecule has 1 aromatic rings. The Morgan fingerprint density at radius 3 is 2.67 bits per heavy atom. The first-order valence-corrected chi connectivity index (χ1v) is 6.11. The fourth-order valence-corrected chi connectivity index (χ4v) is 2.21. The van der Waals surface area contributed by atoms with Crippen LogP contribution >= 0.6 is 11.3 Å². The zero-order chi connectivity index (χ0) is 11.3. The Balaban J connectivity index is 2.51. The molecule has 0 fully saturated rings. The first kappa shape index (κ1) is 12.6. The van der Waals surface area contributed by atoms with Gasteiger partial charge in [0.1, 0.15) is 5.01 Å². The monoisotopic (exact) mass is 228 g/mol. The van der Waals surface area contributed by atoms with E-state index in [4.69, 9.17) is 5.11 Å². The molecule has 0 atom stereocenters. The average Bonchev–Trinajstić information content (AvgIpc) is 2.54. The molecule has 86 valence electrons. The summed E-state index contributed by atoms with van der Waals surface area (Å²) < 4.78 is 0. The van der Waals surface area contributed by atoms with Gasteiger partial charge in [-0.15, -0.1) is 11.3 Å². The summed E-state index contributed by atoms with van der Waals surface area (Å²) in [6, 6.07) is 0. The quantitative estimate of drug-likeness (QED) is 0.837. The van der Waals surface area contributed by atoms with Crippen LogP contribution in [0.2, 0.25) is 0 Å². The lowest BCUT2D eigenvalue weighted by Crippen LogP contribution is -2.34. The number of aromatic nitrogens is 1. The minimum Gasteiger partial charge on any atom is -0.395 e. The van der Waals surface area contributed by atoms with Gasteiger partial charge in [0.15, 0.2) is 0 Å². The van der Waals surface area contributed by atoms with Gasteiger partial charge in [-0.2, -0.15) is 0 Å². The van der Waals surface area contributed by atoms with Gasteiger partial charge < -0.3 is 5.11 Å². The van der Waals surface area contributed by atoms with Crippen LogP contribution in [0.4, 0.5) is 0 Å². The molecule has 15 heavy (non-hydrogen) atoms. The Morgan fingerprint density at radius 2 is 2.20 bits per heavy atom. The lowest BCUT2D eigenvalue weighted by molar-refractivity contribution is 0.146. The highest BCUT2D eigenvalue weighted by molar-refractivity contribution is 7.09. The number of aliphatic hydroxyl groups is 1. The van der Waals surface area contributed by atoms with E-state index in [1.165, 1.54) is 0 Å². The molecule has 0 unspecified atom stereocenters. The normalized spacial score (nSPS) is 12.3. The topological polar surface area (TPSA) is 36.4 Å². The predicted molar refractivity (Wildman–Crippen MR) is 63.9 cm³/mol. The fourth-order valence-electron chi connectivity index (χ4n) is 1.55. The van der Waals surface area contributed by atoms with Crippen molar-refractivity contribution in [1.82, 2.24) is 9.88 Å². The number of hydrogen-bond acceptors (Lipinski definition) is 4. The van der Waals surface area contributed by atoms with Crippen LogP contribution in [0.15, 0.2) is 11.6 Å². The molecule has 0 spiro atoms. The molecular formula is C11H20N2OS. The molecule has 3 nitrogen and oxygen atoms in total. The van der Waals surface area contributed by atoms with E-state index >= 15 is 0 Å². The highest BCUT2D eigenvalue weighted by Gasteiger charge is 2.16. The summed E-state index contributed by atoms with van der Waals surface area (Å²) in [6.45, 7) is 9.37. The van der Waals surface area contributed by atoms with E-state index < -0.39 is 0 Å². The molecule has 1 aromatic heterocycles. The second-order valence-electron chi connectivity index (χ2n) is 4.92. The number of aliphatic hydroxyl groups excluding tert-OH is 1. The Bertz CT molecular complexity index is 267. The molecule has 0 bridgehead atoms. The number of rotatable bonds is 5. The molecule has 0 aliphatic carbocycles. The van der Waals surface area contributed by atoms with Crippen molar-refractivity contribution in [2.45, 2.75) is 27.3 Å². The van der Waals surface area contributed by atoms with Gasteiger partial charge in [0.05, 0.1) is 13.2 Å². The summed E-state index contributed by atoms with van der Waals surface area (Å²) in [5.41, 5.74) is 0.256. The minimum atomic E-state index is 0.210. The molecule has 0 saturated carbocycles. The molecule has 0 radical (unpaired) electrons. The van der Waals surface area contributed by atoms with E-state index in [0.717, 1.165) is 24.6 Å². The zero-order valence-corrected chi connectivity index (χ0v) is 10.5. The van der Waals surface area contributed by atoms with Gasteiger partial charge in [-0.25, -0.2) is 4.98 Å². The Kier molecular flexibility index (Phi) is 4.70. The molecular weight excluding hydrogens is 208 g/mol. The van der Waals surface area contributed by atoms with E-state index in [-0.39, 0.29) is 12.0 Å². The maximum Gasteiger partial charge on any atom is 0.107 e. The molecule has 0 saturated heterocycles. The van der Waals surface area contributed by atoms with Gasteiger partial charge >= 0.3 is 0 Å². The third-order valence-electron chi connectivity index (χ3n) is 1.96. The zero-order valence-electron chi connectivity index (χ0n) is 9.73. The second-order valence-corrected chi connectivity index (χ2v) is 5.90. The van der Waals surface area contributed by atoms with E-state index in [9.17, 15) is 0 Å². The molecule has 0 aliphatic heterocycles. The van der Waals surface area contributed by atoms with Gasteiger partial charge in [-0.1, -0.05) is 20.8 Å². The maximum atomic E-state index is 9.00. The molecule has 1 rings (SSSR count). The van der Waals surface area contributed by atoms with Gasteiger partial charge in [0.2, 0.25) is 0 Å². The van der Waals surface area contributed by atoms with Crippen LogP contribution in [-0.2, 0) is 6.54 Å². The van der Waals surface area contributed by atoms with Crippen LogP contribution in [0.3, 0.4) is 0 Å². The Morgan fingerprint density at radius 1 is 1.47 bits per heavy atom. The van der Waals surface area contributed by atoms with Crippen LogP contribution in [0.5, 0.6) is 0 Å².